The smallest absolute Gasteiger partial charge is 0.242 e. The molecule has 0 saturated carbocycles. The number of benzene rings is 3. The zero-order chi connectivity index (χ0) is 28.2. The van der Waals surface area contributed by atoms with E-state index in [1.54, 1.807) is 54.7 Å². The molecule has 4 aromatic rings. The zero-order valence-electron chi connectivity index (χ0n) is 22.3. The van der Waals surface area contributed by atoms with Gasteiger partial charge in [0.15, 0.2) is 0 Å². The number of hydrazone groups is 1. The number of halogens is 1. The summed E-state index contributed by atoms with van der Waals surface area (Å²) in [4.78, 5) is 13.0. The second-order valence-electron chi connectivity index (χ2n) is 9.49. The van der Waals surface area contributed by atoms with Crippen LogP contribution >= 0.6 is 11.6 Å². The van der Waals surface area contributed by atoms with E-state index >= 15 is 0 Å². The minimum Gasteiger partial charge on any atom is -0.318 e. The van der Waals surface area contributed by atoms with Crippen LogP contribution in [0, 0.1) is 27.7 Å². The van der Waals surface area contributed by atoms with E-state index in [-0.39, 0.29) is 11.3 Å². The molecule has 0 aliphatic carbocycles. The number of aryl methyl sites for hydroxylation is 3. The highest BCUT2D eigenvalue weighted by atomic mass is 35.5. The molecule has 2 N–H and O–H groups in total. The van der Waals surface area contributed by atoms with E-state index in [1.165, 1.54) is 0 Å². The quantitative estimate of drug-likeness (QED) is 0.196. The van der Waals surface area contributed by atoms with Crippen LogP contribution in [-0.4, -0.2) is 25.1 Å². The second-order valence-corrected chi connectivity index (χ2v) is 11.6. The van der Waals surface area contributed by atoms with Crippen LogP contribution in [0.1, 0.15) is 46.1 Å². The molecule has 3 aromatic carbocycles. The molecule has 0 saturated heterocycles. The number of sulfonamides is 1. The Hall–Kier alpha value is -3.72. The maximum atomic E-state index is 13.1. The van der Waals surface area contributed by atoms with Crippen molar-refractivity contribution >= 4 is 33.7 Å². The van der Waals surface area contributed by atoms with Crippen LogP contribution in [-0.2, 0) is 14.8 Å². The minimum atomic E-state index is -3.85. The average Bonchev–Trinajstić information content (AvgIpc) is 3.18. The fourth-order valence-electron chi connectivity index (χ4n) is 4.33. The molecule has 1 aromatic heterocycles. The van der Waals surface area contributed by atoms with Gasteiger partial charge in [-0.2, -0.15) is 5.10 Å². The van der Waals surface area contributed by atoms with E-state index in [2.05, 4.69) is 19.8 Å². The molecule has 0 aliphatic rings. The molecule has 0 spiro atoms. The lowest BCUT2D eigenvalue weighted by atomic mass is 10.0. The summed E-state index contributed by atoms with van der Waals surface area (Å²) in [6.07, 6.45) is 1.45. The van der Waals surface area contributed by atoms with E-state index in [1.807, 2.05) is 58.0 Å². The Kier molecular flexibility index (Phi) is 8.70. The van der Waals surface area contributed by atoms with Crippen molar-refractivity contribution in [1.82, 2.24) is 14.7 Å². The van der Waals surface area contributed by atoms with E-state index in [9.17, 15) is 13.2 Å². The molecule has 0 radical (unpaired) electrons. The largest absolute Gasteiger partial charge is 0.318 e. The molecule has 39 heavy (non-hydrogen) atoms. The molecule has 9 heteroatoms. The first kappa shape index (κ1) is 28.3. The van der Waals surface area contributed by atoms with Gasteiger partial charge in [-0.15, -0.1) is 0 Å². The number of hydrogen-bond donors (Lipinski definition) is 2. The van der Waals surface area contributed by atoms with E-state index in [4.69, 9.17) is 11.6 Å². The molecule has 4 rings (SSSR count). The highest BCUT2D eigenvalue weighted by molar-refractivity contribution is 7.89. The van der Waals surface area contributed by atoms with Gasteiger partial charge >= 0.3 is 0 Å². The van der Waals surface area contributed by atoms with Crippen molar-refractivity contribution in [3.63, 3.8) is 0 Å². The zero-order valence-corrected chi connectivity index (χ0v) is 23.8. The molecule has 7 nitrogen and oxygen atoms in total. The molecular weight excluding hydrogens is 532 g/mol. The van der Waals surface area contributed by atoms with Crippen molar-refractivity contribution in [3.05, 3.63) is 118 Å². The lowest BCUT2D eigenvalue weighted by Crippen LogP contribution is -2.32. The Morgan fingerprint density at radius 2 is 1.67 bits per heavy atom. The van der Waals surface area contributed by atoms with Gasteiger partial charge in [0.05, 0.1) is 17.2 Å². The number of nitrogens with one attached hydrogen (secondary N) is 2. The van der Waals surface area contributed by atoms with Crippen LogP contribution in [0.2, 0.25) is 5.02 Å². The van der Waals surface area contributed by atoms with Gasteiger partial charge in [-0.1, -0.05) is 65.7 Å². The normalized spacial score (nSPS) is 12.5. The number of hydrogen-bond acceptors (Lipinski definition) is 4. The average molecular weight is 563 g/mol. The summed E-state index contributed by atoms with van der Waals surface area (Å²) in [7, 11) is -3.85. The van der Waals surface area contributed by atoms with E-state index in [0.29, 0.717) is 10.6 Å². The van der Waals surface area contributed by atoms with Crippen molar-refractivity contribution in [2.75, 3.05) is 0 Å². The molecule has 0 unspecified atom stereocenters. The van der Waals surface area contributed by atoms with Crippen molar-refractivity contribution in [2.45, 2.75) is 45.1 Å². The fourth-order valence-corrected chi connectivity index (χ4v) is 5.73. The lowest BCUT2D eigenvalue weighted by molar-refractivity contribution is -0.121. The maximum absolute atomic E-state index is 13.1. The number of rotatable bonds is 9. The Morgan fingerprint density at radius 3 is 2.33 bits per heavy atom. The van der Waals surface area contributed by atoms with Gasteiger partial charge in [-0.3, -0.25) is 4.79 Å². The molecule has 0 fully saturated rings. The minimum absolute atomic E-state index is 0.132. The van der Waals surface area contributed by atoms with Gasteiger partial charge in [-0.05, 0) is 69.2 Å². The van der Waals surface area contributed by atoms with Crippen LogP contribution in [0.3, 0.4) is 0 Å². The molecule has 1 amide bonds. The van der Waals surface area contributed by atoms with Crippen LogP contribution in [0.15, 0.2) is 88.9 Å². The summed E-state index contributed by atoms with van der Waals surface area (Å²) < 4.78 is 30.9. The Balaban J connectivity index is 1.49. The van der Waals surface area contributed by atoms with Gasteiger partial charge in [0.1, 0.15) is 0 Å². The van der Waals surface area contributed by atoms with Crippen LogP contribution in [0.5, 0.6) is 0 Å². The first-order valence-electron chi connectivity index (χ1n) is 12.5. The maximum Gasteiger partial charge on any atom is 0.242 e. The number of amides is 1. The van der Waals surface area contributed by atoms with Crippen LogP contribution in [0.25, 0.3) is 5.69 Å². The highest BCUT2D eigenvalue weighted by Crippen LogP contribution is 2.25. The molecule has 0 aliphatic heterocycles. The van der Waals surface area contributed by atoms with Gasteiger partial charge in [-0.25, -0.2) is 18.6 Å². The molecule has 202 valence electrons. The van der Waals surface area contributed by atoms with Crippen molar-refractivity contribution in [1.29, 1.82) is 0 Å². The first-order valence-corrected chi connectivity index (χ1v) is 14.3. The summed E-state index contributed by atoms with van der Waals surface area (Å²) in [5, 5.41) is 4.84. The predicted molar refractivity (Wildman–Crippen MR) is 156 cm³/mol. The monoisotopic (exact) mass is 562 g/mol. The standard InChI is InChI=1S/C30H31ClN4O3S/c1-20-10-14-27(15-11-20)39(37,38)34-29(24-8-6-5-7-9-24)18-30(36)33-32-19-25-16-22(3)35(23(25)4)26-13-12-21(2)28(31)17-26/h5-17,19,29,34H,18H2,1-4H3,(H,33,36)/b32-19-/t29-/m1/s1. The number of aromatic nitrogens is 1. The highest BCUT2D eigenvalue weighted by Gasteiger charge is 2.23. The van der Waals surface area contributed by atoms with Crippen molar-refractivity contribution in [2.24, 2.45) is 5.10 Å². The second kappa shape index (κ2) is 12.0. The molecule has 0 bridgehead atoms. The SMILES string of the molecule is Cc1ccc(S(=O)(=O)N[C@H](CC(=O)N/N=C\c2cc(C)n(-c3ccc(C)c(Cl)c3)c2C)c2ccccc2)cc1. The third-order valence-corrected chi connectivity index (χ3v) is 8.39. The predicted octanol–water partition coefficient (Wildman–Crippen LogP) is 5.92. The van der Waals surface area contributed by atoms with Gasteiger partial charge in [0, 0.05) is 34.1 Å². The van der Waals surface area contributed by atoms with Gasteiger partial charge in [0.2, 0.25) is 15.9 Å². The summed E-state index contributed by atoms with van der Waals surface area (Å²) >= 11 is 6.33. The van der Waals surface area contributed by atoms with Crippen LogP contribution in [0.4, 0.5) is 0 Å². The first-order chi connectivity index (χ1) is 18.5. The third-order valence-electron chi connectivity index (χ3n) is 6.50. The Labute approximate surface area is 234 Å². The lowest BCUT2D eigenvalue weighted by Gasteiger charge is -2.18. The summed E-state index contributed by atoms with van der Waals surface area (Å²) in [6.45, 7) is 7.80. The Bertz CT molecular complexity index is 1610. The molecular formula is C30H31ClN4O3S. The van der Waals surface area contributed by atoms with E-state index in [0.717, 1.165) is 33.8 Å². The molecule has 1 heterocycles. The van der Waals surface area contributed by atoms with Crippen molar-refractivity contribution in [3.8, 4) is 5.69 Å². The van der Waals surface area contributed by atoms with Crippen LogP contribution < -0.4 is 10.1 Å². The summed E-state index contributed by atoms with van der Waals surface area (Å²) in [5.74, 6) is -0.425. The summed E-state index contributed by atoms with van der Waals surface area (Å²) in [5.41, 5.74) is 8.89. The number of nitrogens with zero attached hydrogens (tertiary/aromatic N) is 2. The van der Waals surface area contributed by atoms with Crippen molar-refractivity contribution < 1.29 is 13.2 Å². The third kappa shape index (κ3) is 6.84. The van der Waals surface area contributed by atoms with Gasteiger partial charge in [0.25, 0.3) is 0 Å². The van der Waals surface area contributed by atoms with Gasteiger partial charge < -0.3 is 4.57 Å². The molecule has 1 atom stereocenters. The van der Waals surface area contributed by atoms with E-state index < -0.39 is 22.0 Å². The number of carbonyl (C=O) groups is 1. The topological polar surface area (TPSA) is 92.6 Å². The number of carbonyl (C=O) groups excluding carboxylic acids is 1. The Morgan fingerprint density at radius 1 is 0.974 bits per heavy atom. The fraction of sp³-hybridized carbons (Fsp3) is 0.200. The summed E-state index contributed by atoms with van der Waals surface area (Å²) in [6, 6.07) is 22.7.